The van der Waals surface area contributed by atoms with Crippen molar-refractivity contribution < 1.29 is 8.42 Å². The highest BCUT2D eigenvalue weighted by atomic mass is 127. The first-order chi connectivity index (χ1) is 8.68. The maximum atomic E-state index is 11.2. The zero-order chi connectivity index (χ0) is 14.5. The van der Waals surface area contributed by atoms with E-state index >= 15 is 0 Å². The minimum absolute atomic E-state index is 0. The van der Waals surface area contributed by atoms with Crippen LogP contribution in [0, 0.1) is 0 Å². The molecule has 0 aliphatic rings. The molecule has 0 fully saturated rings. The summed E-state index contributed by atoms with van der Waals surface area (Å²) in [6, 6.07) is 9.39. The minimum Gasteiger partial charge on any atom is -0.370 e. The standard InChI is InChI=1S/C12H20N4O2S.HI/c1-12(2,16-19(3,17)18)9-14-11(13)15-10-7-5-4-6-8-10;/h4-8,16H,9H2,1-3H3,(H3,13,14,15);1H. The van der Waals surface area contributed by atoms with Gasteiger partial charge in [-0.25, -0.2) is 13.1 Å². The highest BCUT2D eigenvalue weighted by molar-refractivity contribution is 14.0. The summed E-state index contributed by atoms with van der Waals surface area (Å²) in [7, 11) is -3.27. The second kappa shape index (κ2) is 7.79. The fourth-order valence-corrected chi connectivity index (χ4v) is 2.59. The van der Waals surface area contributed by atoms with Gasteiger partial charge in [0.05, 0.1) is 12.8 Å². The van der Waals surface area contributed by atoms with E-state index in [4.69, 9.17) is 5.73 Å². The molecule has 0 aliphatic heterocycles. The Morgan fingerprint density at radius 1 is 1.30 bits per heavy atom. The van der Waals surface area contributed by atoms with Gasteiger partial charge in [-0.05, 0) is 26.0 Å². The highest BCUT2D eigenvalue weighted by Gasteiger charge is 2.21. The Morgan fingerprint density at radius 2 is 1.85 bits per heavy atom. The molecular weight excluding hydrogens is 391 g/mol. The summed E-state index contributed by atoms with van der Waals surface area (Å²) in [5, 5.41) is 2.93. The molecule has 0 radical (unpaired) electrons. The molecule has 0 aliphatic carbocycles. The lowest BCUT2D eigenvalue weighted by Gasteiger charge is -2.22. The van der Waals surface area contributed by atoms with E-state index in [0.717, 1.165) is 11.9 Å². The largest absolute Gasteiger partial charge is 0.370 e. The molecule has 1 aromatic carbocycles. The summed E-state index contributed by atoms with van der Waals surface area (Å²) in [6.07, 6.45) is 1.12. The molecule has 20 heavy (non-hydrogen) atoms. The maximum absolute atomic E-state index is 11.2. The maximum Gasteiger partial charge on any atom is 0.209 e. The first kappa shape index (κ1) is 19.1. The van der Waals surface area contributed by atoms with Gasteiger partial charge < -0.3 is 11.1 Å². The quantitative estimate of drug-likeness (QED) is 0.387. The number of para-hydroxylation sites is 1. The van der Waals surface area contributed by atoms with E-state index in [-0.39, 0.29) is 36.5 Å². The molecule has 4 N–H and O–H groups in total. The smallest absolute Gasteiger partial charge is 0.209 e. The summed E-state index contributed by atoms with van der Waals surface area (Å²) in [4.78, 5) is 4.13. The molecule has 0 heterocycles. The van der Waals surface area contributed by atoms with Gasteiger partial charge in [-0.15, -0.1) is 24.0 Å². The van der Waals surface area contributed by atoms with Crippen molar-refractivity contribution in [2.24, 2.45) is 10.7 Å². The molecule has 0 amide bonds. The van der Waals surface area contributed by atoms with Gasteiger partial charge in [-0.3, -0.25) is 4.99 Å². The number of guanidine groups is 1. The average Bonchev–Trinajstić information content (AvgIpc) is 2.25. The van der Waals surface area contributed by atoms with Gasteiger partial charge in [0, 0.05) is 11.2 Å². The van der Waals surface area contributed by atoms with E-state index in [9.17, 15) is 8.42 Å². The van der Waals surface area contributed by atoms with E-state index in [1.54, 1.807) is 13.8 Å². The van der Waals surface area contributed by atoms with Gasteiger partial charge in [-0.1, -0.05) is 18.2 Å². The molecule has 1 rings (SSSR count). The number of halogens is 1. The molecular formula is C12H21IN4O2S. The van der Waals surface area contributed by atoms with Crippen LogP contribution < -0.4 is 15.8 Å². The van der Waals surface area contributed by atoms with Crippen LogP contribution in [0.25, 0.3) is 0 Å². The van der Waals surface area contributed by atoms with Crippen LogP contribution in [0.5, 0.6) is 0 Å². The summed E-state index contributed by atoms with van der Waals surface area (Å²) < 4.78 is 24.8. The van der Waals surface area contributed by atoms with Gasteiger partial charge >= 0.3 is 0 Å². The number of hydrogen-bond donors (Lipinski definition) is 3. The monoisotopic (exact) mass is 412 g/mol. The van der Waals surface area contributed by atoms with Crippen LogP contribution in [-0.4, -0.2) is 32.7 Å². The van der Waals surface area contributed by atoms with Crippen molar-refractivity contribution in [2.45, 2.75) is 19.4 Å². The predicted octanol–water partition coefficient (Wildman–Crippen LogP) is 1.36. The van der Waals surface area contributed by atoms with Crippen LogP contribution in [0.15, 0.2) is 35.3 Å². The van der Waals surface area contributed by atoms with E-state index in [1.807, 2.05) is 30.3 Å². The molecule has 8 heteroatoms. The third-order valence-corrected chi connectivity index (χ3v) is 3.08. The first-order valence-electron chi connectivity index (χ1n) is 5.79. The Hall–Kier alpha value is -0.870. The van der Waals surface area contributed by atoms with Crippen molar-refractivity contribution >= 4 is 45.6 Å². The van der Waals surface area contributed by atoms with E-state index in [2.05, 4.69) is 15.0 Å². The average molecular weight is 412 g/mol. The Bertz CT molecular complexity index is 544. The minimum atomic E-state index is -3.27. The molecule has 0 saturated carbocycles. The molecule has 6 nitrogen and oxygen atoms in total. The number of rotatable bonds is 5. The number of benzene rings is 1. The van der Waals surface area contributed by atoms with Crippen LogP contribution in [0.2, 0.25) is 0 Å². The molecule has 0 saturated heterocycles. The van der Waals surface area contributed by atoms with Crippen LogP contribution in [0.3, 0.4) is 0 Å². The van der Waals surface area contributed by atoms with Crippen molar-refractivity contribution in [3.05, 3.63) is 30.3 Å². The summed E-state index contributed by atoms with van der Waals surface area (Å²) in [5.41, 5.74) is 5.89. The molecule has 114 valence electrons. The van der Waals surface area contributed by atoms with E-state index < -0.39 is 15.6 Å². The first-order valence-corrected chi connectivity index (χ1v) is 7.68. The lowest BCUT2D eigenvalue weighted by molar-refractivity contribution is 0.466. The fourth-order valence-electron chi connectivity index (χ4n) is 1.53. The third kappa shape index (κ3) is 8.33. The number of hydrogen-bond acceptors (Lipinski definition) is 3. The SMILES string of the molecule is CC(C)(CN=C(N)Nc1ccccc1)NS(C)(=O)=O.I. The zero-order valence-electron chi connectivity index (χ0n) is 11.8. The van der Waals surface area contributed by atoms with Gasteiger partial charge in [0.1, 0.15) is 0 Å². The number of anilines is 1. The number of nitrogens with two attached hydrogens (primary N) is 1. The summed E-state index contributed by atoms with van der Waals surface area (Å²) in [6.45, 7) is 3.73. The number of aliphatic imine (C=N–C) groups is 1. The molecule has 0 unspecified atom stereocenters. The lowest BCUT2D eigenvalue weighted by Crippen LogP contribution is -2.45. The van der Waals surface area contributed by atoms with Gasteiger partial charge in [0.25, 0.3) is 0 Å². The summed E-state index contributed by atoms with van der Waals surface area (Å²) >= 11 is 0. The molecule has 0 atom stereocenters. The van der Waals surface area contributed by atoms with Crippen molar-refractivity contribution in [2.75, 3.05) is 18.1 Å². The predicted molar refractivity (Wildman–Crippen MR) is 94.0 cm³/mol. The Labute approximate surface area is 137 Å². The van der Waals surface area contributed by atoms with E-state index in [0.29, 0.717) is 0 Å². The lowest BCUT2D eigenvalue weighted by atomic mass is 10.1. The third-order valence-electron chi connectivity index (χ3n) is 2.15. The van der Waals surface area contributed by atoms with Gasteiger partial charge in [0.15, 0.2) is 5.96 Å². The Balaban J connectivity index is 0.00000361. The van der Waals surface area contributed by atoms with Crippen LogP contribution in [0.1, 0.15) is 13.8 Å². The molecule has 1 aromatic rings. The molecule has 0 aromatic heterocycles. The van der Waals surface area contributed by atoms with Crippen LogP contribution in [0.4, 0.5) is 5.69 Å². The molecule has 0 bridgehead atoms. The van der Waals surface area contributed by atoms with Crippen LogP contribution in [-0.2, 0) is 10.0 Å². The van der Waals surface area contributed by atoms with E-state index in [1.165, 1.54) is 0 Å². The molecule has 0 spiro atoms. The van der Waals surface area contributed by atoms with Gasteiger partial charge in [-0.2, -0.15) is 0 Å². The number of sulfonamides is 1. The Morgan fingerprint density at radius 3 is 2.35 bits per heavy atom. The van der Waals surface area contributed by atoms with Gasteiger partial charge in [0.2, 0.25) is 10.0 Å². The number of nitrogens with zero attached hydrogens (tertiary/aromatic N) is 1. The summed E-state index contributed by atoms with van der Waals surface area (Å²) in [5.74, 6) is 0.245. The zero-order valence-corrected chi connectivity index (χ0v) is 14.9. The van der Waals surface area contributed by atoms with Crippen molar-refractivity contribution in [1.29, 1.82) is 0 Å². The van der Waals surface area contributed by atoms with Crippen molar-refractivity contribution in [3.63, 3.8) is 0 Å². The normalized spacial score (nSPS) is 12.7. The van der Waals surface area contributed by atoms with Crippen molar-refractivity contribution in [3.8, 4) is 0 Å². The van der Waals surface area contributed by atoms with Crippen LogP contribution >= 0.6 is 24.0 Å². The topological polar surface area (TPSA) is 96.6 Å². The number of nitrogens with one attached hydrogen (secondary N) is 2. The second-order valence-corrected chi connectivity index (χ2v) is 6.70. The Kier molecular flexibility index (Phi) is 7.45. The van der Waals surface area contributed by atoms with Crippen molar-refractivity contribution in [1.82, 2.24) is 4.72 Å². The second-order valence-electron chi connectivity index (χ2n) is 4.95. The fraction of sp³-hybridized carbons (Fsp3) is 0.417. The highest BCUT2D eigenvalue weighted by Crippen LogP contribution is 2.06.